The Morgan fingerprint density at radius 3 is 2.53 bits per heavy atom. The summed E-state index contributed by atoms with van der Waals surface area (Å²) in [6, 6.07) is 3.03. The lowest BCUT2D eigenvalue weighted by atomic mass is 10.2. The molecular formula is C11H10F2N4O2. The second-order valence-corrected chi connectivity index (χ2v) is 3.88. The van der Waals surface area contributed by atoms with Crippen LogP contribution in [0, 0.1) is 21.7 Å². The number of anilines is 1. The summed E-state index contributed by atoms with van der Waals surface area (Å²) in [4.78, 5) is 9.59. The third kappa shape index (κ3) is 2.84. The van der Waals surface area contributed by atoms with Crippen molar-refractivity contribution in [2.75, 3.05) is 5.32 Å². The third-order valence-corrected chi connectivity index (χ3v) is 2.45. The van der Waals surface area contributed by atoms with Gasteiger partial charge >= 0.3 is 0 Å². The predicted molar refractivity (Wildman–Crippen MR) is 63.5 cm³/mol. The van der Waals surface area contributed by atoms with Gasteiger partial charge in [0.15, 0.2) is 11.6 Å². The molecule has 0 fully saturated rings. The van der Waals surface area contributed by atoms with Crippen molar-refractivity contribution in [3.63, 3.8) is 0 Å². The Bertz CT molecular complexity index is 604. The molecule has 1 aromatic carbocycles. The van der Waals surface area contributed by atoms with Crippen molar-refractivity contribution in [2.45, 2.75) is 6.54 Å². The molecule has 8 heteroatoms. The minimum atomic E-state index is -1.01. The zero-order valence-electron chi connectivity index (χ0n) is 9.93. The van der Waals surface area contributed by atoms with Gasteiger partial charge in [-0.15, -0.1) is 0 Å². The number of nitrogens with one attached hydrogen (secondary N) is 1. The van der Waals surface area contributed by atoms with Crippen molar-refractivity contribution in [1.29, 1.82) is 0 Å². The number of aromatic nitrogens is 2. The van der Waals surface area contributed by atoms with Crippen molar-refractivity contribution in [3.05, 3.63) is 51.8 Å². The molecule has 1 aromatic heterocycles. The number of non-ortho nitro benzene ring substituents is 1. The second kappa shape index (κ2) is 5.01. The predicted octanol–water partition coefficient (Wildman–Crippen LogP) is 2.22. The highest BCUT2D eigenvalue weighted by molar-refractivity contribution is 5.51. The Hall–Kier alpha value is -2.51. The molecular weight excluding hydrogens is 258 g/mol. The highest BCUT2D eigenvalue weighted by atomic mass is 19.1. The molecule has 0 saturated carbocycles. The number of halogens is 2. The van der Waals surface area contributed by atoms with Gasteiger partial charge in [-0.3, -0.25) is 14.8 Å². The fourth-order valence-corrected chi connectivity index (χ4v) is 1.57. The van der Waals surface area contributed by atoms with E-state index in [4.69, 9.17) is 0 Å². The van der Waals surface area contributed by atoms with Crippen LogP contribution >= 0.6 is 0 Å². The van der Waals surface area contributed by atoms with Gasteiger partial charge in [0.05, 0.1) is 29.3 Å². The molecule has 0 radical (unpaired) electrons. The van der Waals surface area contributed by atoms with Gasteiger partial charge < -0.3 is 5.32 Å². The van der Waals surface area contributed by atoms with E-state index < -0.39 is 27.9 Å². The summed E-state index contributed by atoms with van der Waals surface area (Å²) < 4.78 is 28.6. The Morgan fingerprint density at radius 1 is 1.42 bits per heavy atom. The number of aryl methyl sites for hydroxylation is 1. The van der Waals surface area contributed by atoms with Crippen molar-refractivity contribution >= 4 is 11.4 Å². The quantitative estimate of drug-likeness (QED) is 0.681. The first-order chi connectivity index (χ1) is 8.97. The summed E-state index contributed by atoms with van der Waals surface area (Å²) in [5, 5.41) is 17.0. The maximum Gasteiger partial charge on any atom is 0.275 e. The molecule has 1 heterocycles. The average molecular weight is 268 g/mol. The summed E-state index contributed by atoms with van der Waals surface area (Å²) >= 11 is 0. The van der Waals surface area contributed by atoms with Gasteiger partial charge in [0.1, 0.15) is 5.69 Å². The largest absolute Gasteiger partial charge is 0.375 e. The number of nitro groups is 1. The van der Waals surface area contributed by atoms with Gasteiger partial charge in [-0.05, 0) is 6.07 Å². The molecule has 0 aliphatic carbocycles. The van der Waals surface area contributed by atoms with Crippen LogP contribution in [0.15, 0.2) is 24.4 Å². The van der Waals surface area contributed by atoms with Crippen LogP contribution in [0.1, 0.15) is 5.69 Å². The van der Waals surface area contributed by atoms with E-state index in [0.717, 1.165) is 0 Å². The lowest BCUT2D eigenvalue weighted by Crippen LogP contribution is -2.05. The van der Waals surface area contributed by atoms with Gasteiger partial charge in [0.2, 0.25) is 0 Å². The van der Waals surface area contributed by atoms with E-state index in [1.54, 1.807) is 24.0 Å². The Kier molecular flexibility index (Phi) is 3.41. The van der Waals surface area contributed by atoms with Crippen LogP contribution in [-0.2, 0) is 13.6 Å². The fourth-order valence-electron chi connectivity index (χ4n) is 1.57. The van der Waals surface area contributed by atoms with Gasteiger partial charge in [-0.25, -0.2) is 8.78 Å². The zero-order valence-corrected chi connectivity index (χ0v) is 9.93. The van der Waals surface area contributed by atoms with Gasteiger partial charge in [-0.2, -0.15) is 5.10 Å². The number of nitrogens with zero attached hydrogens (tertiary/aromatic N) is 3. The summed E-state index contributed by atoms with van der Waals surface area (Å²) in [6.07, 6.45) is 1.69. The van der Waals surface area contributed by atoms with Crippen molar-refractivity contribution in [2.24, 2.45) is 7.05 Å². The Morgan fingerprint density at radius 2 is 2.05 bits per heavy atom. The molecule has 0 aliphatic rings. The first-order valence-electron chi connectivity index (χ1n) is 5.33. The maximum atomic E-state index is 13.5. The summed E-state index contributed by atoms with van der Waals surface area (Å²) in [5.41, 5.74) is -0.436. The SMILES string of the molecule is Cn1ccc(CNc2c(F)cc([N+](=O)[O-])cc2F)n1. The number of rotatable bonds is 4. The van der Waals surface area contributed by atoms with E-state index in [-0.39, 0.29) is 6.54 Å². The highest BCUT2D eigenvalue weighted by Crippen LogP contribution is 2.25. The van der Waals surface area contributed by atoms with Gasteiger partial charge in [0, 0.05) is 13.2 Å². The van der Waals surface area contributed by atoms with Gasteiger partial charge in [0.25, 0.3) is 5.69 Å². The number of nitro benzene ring substituents is 1. The zero-order chi connectivity index (χ0) is 14.0. The topological polar surface area (TPSA) is 73.0 Å². The van der Waals surface area contributed by atoms with Crippen LogP contribution in [0.25, 0.3) is 0 Å². The Balaban J connectivity index is 2.18. The molecule has 6 nitrogen and oxygen atoms in total. The molecule has 0 unspecified atom stereocenters. The molecule has 0 amide bonds. The standard InChI is InChI=1S/C11H10F2N4O2/c1-16-3-2-7(15-16)6-14-11-9(12)4-8(17(18)19)5-10(11)13/h2-5,14H,6H2,1H3. The van der Waals surface area contributed by atoms with Crippen LogP contribution in [0.3, 0.4) is 0 Å². The maximum absolute atomic E-state index is 13.5. The van der Waals surface area contributed by atoms with E-state index in [2.05, 4.69) is 10.4 Å². The van der Waals surface area contributed by atoms with Crippen LogP contribution in [-0.4, -0.2) is 14.7 Å². The molecule has 2 aromatic rings. The lowest BCUT2D eigenvalue weighted by molar-refractivity contribution is -0.385. The molecule has 19 heavy (non-hydrogen) atoms. The van der Waals surface area contributed by atoms with Crippen LogP contribution in [0.5, 0.6) is 0 Å². The van der Waals surface area contributed by atoms with Crippen LogP contribution in [0.2, 0.25) is 0 Å². The fraction of sp³-hybridized carbons (Fsp3) is 0.182. The minimum absolute atomic E-state index is 0.118. The van der Waals surface area contributed by atoms with Gasteiger partial charge in [-0.1, -0.05) is 0 Å². The van der Waals surface area contributed by atoms with E-state index in [1.807, 2.05) is 0 Å². The van der Waals surface area contributed by atoms with Crippen LogP contribution in [0.4, 0.5) is 20.2 Å². The minimum Gasteiger partial charge on any atom is -0.375 e. The average Bonchev–Trinajstić information content (AvgIpc) is 2.73. The Labute approximate surface area is 106 Å². The highest BCUT2D eigenvalue weighted by Gasteiger charge is 2.16. The van der Waals surface area contributed by atoms with E-state index in [1.165, 1.54) is 0 Å². The number of hydrogen-bond acceptors (Lipinski definition) is 4. The molecule has 2 rings (SSSR count). The summed E-state index contributed by atoms with van der Waals surface area (Å²) in [6.45, 7) is 0.118. The molecule has 0 saturated heterocycles. The molecule has 0 atom stereocenters. The molecule has 0 spiro atoms. The summed E-state index contributed by atoms with van der Waals surface area (Å²) in [5.74, 6) is -2.02. The normalized spacial score (nSPS) is 10.5. The molecule has 0 aliphatic heterocycles. The molecule has 100 valence electrons. The van der Waals surface area contributed by atoms with E-state index in [9.17, 15) is 18.9 Å². The van der Waals surface area contributed by atoms with E-state index >= 15 is 0 Å². The van der Waals surface area contributed by atoms with Crippen molar-refractivity contribution in [1.82, 2.24) is 9.78 Å². The first kappa shape index (κ1) is 12.9. The molecule has 0 bridgehead atoms. The summed E-state index contributed by atoms with van der Waals surface area (Å²) in [7, 11) is 1.72. The molecule has 1 N–H and O–H groups in total. The third-order valence-electron chi connectivity index (χ3n) is 2.45. The first-order valence-corrected chi connectivity index (χ1v) is 5.33. The number of benzene rings is 1. The second-order valence-electron chi connectivity index (χ2n) is 3.88. The van der Waals surface area contributed by atoms with E-state index in [0.29, 0.717) is 17.8 Å². The lowest BCUT2D eigenvalue weighted by Gasteiger charge is -2.07. The van der Waals surface area contributed by atoms with Crippen molar-refractivity contribution in [3.8, 4) is 0 Å². The number of hydrogen-bond donors (Lipinski definition) is 1. The van der Waals surface area contributed by atoms with Crippen LogP contribution < -0.4 is 5.32 Å². The monoisotopic (exact) mass is 268 g/mol. The van der Waals surface area contributed by atoms with Crippen molar-refractivity contribution < 1.29 is 13.7 Å². The smallest absolute Gasteiger partial charge is 0.275 e.